The van der Waals surface area contributed by atoms with Gasteiger partial charge in [-0.15, -0.1) is 4.31 Å². The van der Waals surface area contributed by atoms with E-state index in [4.69, 9.17) is 9.47 Å². The molecule has 0 amide bonds. The average Bonchev–Trinajstić information content (AvgIpc) is 2.70. The van der Waals surface area contributed by atoms with Gasteiger partial charge >= 0.3 is 11.9 Å². The van der Waals surface area contributed by atoms with Gasteiger partial charge in [0.05, 0.1) is 26.0 Å². The highest BCUT2D eigenvalue weighted by molar-refractivity contribution is 7.98. The summed E-state index contributed by atoms with van der Waals surface area (Å²) in [6.45, 7) is 2.06. The van der Waals surface area contributed by atoms with Crippen LogP contribution in [0.5, 0.6) is 0 Å². The molecule has 1 aliphatic rings. The number of ether oxygens (including phenoxy) is 2. The topological polar surface area (TPSA) is 85.8 Å². The van der Waals surface area contributed by atoms with E-state index in [1.54, 1.807) is 0 Å². The molecule has 0 radical (unpaired) electrons. The van der Waals surface area contributed by atoms with Crippen LogP contribution in [0.3, 0.4) is 0 Å². The lowest BCUT2D eigenvalue weighted by Crippen LogP contribution is -2.38. The molecular weight excluding hydrogens is 366 g/mol. The number of nitrogens with zero attached hydrogens (tertiary/aromatic N) is 1. The fraction of sp³-hybridized carbons (Fsp3) is 0.200. The van der Waals surface area contributed by atoms with Gasteiger partial charge in [-0.05, 0) is 25.1 Å². The van der Waals surface area contributed by atoms with Gasteiger partial charge in [0, 0.05) is 11.1 Å². The Labute approximate surface area is 161 Å². The van der Waals surface area contributed by atoms with Gasteiger partial charge in [-0.2, -0.15) is 0 Å². The standard InChI is InChI=1S/C20H20NO4S.H2O/c1-4-26-18-12-8-6-10-15(18)14-9-5-7-11-16(14)21(26)17(20(23)25-3)13-19(22)24-2;/h5-13H,4H2,1-3H3;1H2/q+1;/p-1/b17-13+;. The number of hydrogen-bond donors (Lipinski definition) is 0. The normalized spacial score (nSPS) is 15.1. The van der Waals surface area contributed by atoms with Crippen LogP contribution in [0.2, 0.25) is 0 Å². The van der Waals surface area contributed by atoms with E-state index in [9.17, 15) is 9.59 Å². The molecule has 27 heavy (non-hydrogen) atoms. The molecule has 1 N–H and O–H groups in total. The lowest BCUT2D eigenvalue weighted by molar-refractivity contribution is -0.138. The van der Waals surface area contributed by atoms with Crippen molar-refractivity contribution in [2.45, 2.75) is 11.8 Å². The predicted octanol–water partition coefficient (Wildman–Crippen LogP) is 3.14. The number of para-hydroxylation sites is 1. The van der Waals surface area contributed by atoms with Crippen molar-refractivity contribution in [3.63, 3.8) is 0 Å². The number of esters is 2. The van der Waals surface area contributed by atoms with E-state index < -0.39 is 23.0 Å². The summed E-state index contributed by atoms with van der Waals surface area (Å²) in [5, 5.41) is 0. The summed E-state index contributed by atoms with van der Waals surface area (Å²) in [6.07, 6.45) is 1.20. The Morgan fingerprint density at radius 1 is 1.00 bits per heavy atom. The van der Waals surface area contributed by atoms with E-state index in [-0.39, 0.29) is 11.2 Å². The molecule has 1 heterocycles. The van der Waals surface area contributed by atoms with E-state index in [0.717, 1.165) is 27.5 Å². The van der Waals surface area contributed by atoms with Gasteiger partial charge < -0.3 is 14.9 Å². The Morgan fingerprint density at radius 3 is 2.26 bits per heavy atom. The summed E-state index contributed by atoms with van der Waals surface area (Å²) in [5.74, 6) is -0.391. The number of carbonyl (C=O) groups is 2. The van der Waals surface area contributed by atoms with Crippen LogP contribution >= 0.6 is 0 Å². The monoisotopic (exact) mass is 387 g/mol. The lowest BCUT2D eigenvalue weighted by Gasteiger charge is -2.30. The highest BCUT2D eigenvalue weighted by Crippen LogP contribution is 2.45. The van der Waals surface area contributed by atoms with Gasteiger partial charge in [0.1, 0.15) is 16.8 Å². The van der Waals surface area contributed by atoms with Crippen LogP contribution in [0.4, 0.5) is 5.69 Å². The van der Waals surface area contributed by atoms with Crippen LogP contribution in [-0.4, -0.2) is 37.4 Å². The summed E-state index contributed by atoms with van der Waals surface area (Å²) < 4.78 is 11.6. The van der Waals surface area contributed by atoms with E-state index in [2.05, 4.69) is 19.1 Å². The molecule has 0 aliphatic carbocycles. The fourth-order valence-corrected chi connectivity index (χ4v) is 5.19. The molecule has 6 nitrogen and oxygen atoms in total. The van der Waals surface area contributed by atoms with E-state index in [1.165, 1.54) is 20.3 Å². The average molecular weight is 387 g/mol. The van der Waals surface area contributed by atoms with Crippen molar-refractivity contribution in [2.75, 3.05) is 24.3 Å². The van der Waals surface area contributed by atoms with Gasteiger partial charge in [0.2, 0.25) is 0 Å². The zero-order valence-electron chi connectivity index (χ0n) is 15.3. The summed E-state index contributed by atoms with van der Waals surface area (Å²) in [7, 11) is 2.59. The Balaban J connectivity index is 0.00000261. The van der Waals surface area contributed by atoms with Crippen LogP contribution in [0.1, 0.15) is 6.92 Å². The second kappa shape index (κ2) is 8.75. The third-order valence-electron chi connectivity index (χ3n) is 4.12. The number of methoxy groups -OCH3 is 2. The van der Waals surface area contributed by atoms with Crippen LogP contribution in [0.25, 0.3) is 11.1 Å². The zero-order chi connectivity index (χ0) is 18.7. The lowest BCUT2D eigenvalue weighted by atomic mass is 10.0. The molecule has 0 bridgehead atoms. The second-order valence-corrected chi connectivity index (χ2v) is 7.62. The molecule has 2 aromatic carbocycles. The first kappa shape index (κ1) is 20.5. The molecule has 142 valence electrons. The van der Waals surface area contributed by atoms with Crippen molar-refractivity contribution < 1.29 is 24.5 Å². The minimum Gasteiger partial charge on any atom is -0.870 e. The number of fused-ring (bicyclic) bond motifs is 3. The van der Waals surface area contributed by atoms with Crippen LogP contribution in [-0.2, 0) is 30.1 Å². The fourth-order valence-electron chi connectivity index (χ4n) is 3.00. The smallest absolute Gasteiger partial charge is 0.359 e. The third kappa shape index (κ3) is 3.70. The number of hydrogen-bond acceptors (Lipinski definition) is 6. The van der Waals surface area contributed by atoms with Crippen LogP contribution in [0.15, 0.2) is 65.2 Å². The van der Waals surface area contributed by atoms with Crippen molar-refractivity contribution in [3.8, 4) is 11.1 Å². The van der Waals surface area contributed by atoms with E-state index in [1.807, 2.05) is 40.7 Å². The SMILES string of the molecule is CC[S+]1c2ccccc2-c2ccccc2N1/C(=C/C(=O)OC)C(=O)OC.[OH-]. The largest absolute Gasteiger partial charge is 0.870 e. The maximum Gasteiger partial charge on any atom is 0.359 e. The van der Waals surface area contributed by atoms with E-state index >= 15 is 0 Å². The Morgan fingerprint density at radius 2 is 1.63 bits per heavy atom. The van der Waals surface area contributed by atoms with Gasteiger partial charge in [-0.25, -0.2) is 9.59 Å². The highest BCUT2D eigenvalue weighted by Gasteiger charge is 2.43. The molecule has 0 spiro atoms. The zero-order valence-corrected chi connectivity index (χ0v) is 16.2. The molecule has 0 aromatic heterocycles. The van der Waals surface area contributed by atoms with Crippen molar-refractivity contribution in [1.82, 2.24) is 0 Å². The van der Waals surface area contributed by atoms with Gasteiger partial charge in [-0.1, -0.05) is 30.3 Å². The van der Waals surface area contributed by atoms with Crippen LogP contribution < -0.4 is 4.31 Å². The number of rotatable bonds is 4. The molecule has 0 saturated carbocycles. The maximum absolute atomic E-state index is 12.5. The molecule has 1 aliphatic heterocycles. The molecule has 7 heteroatoms. The number of anilines is 1. The van der Waals surface area contributed by atoms with Crippen molar-refractivity contribution in [1.29, 1.82) is 0 Å². The minimum atomic E-state index is -0.596. The number of benzene rings is 2. The quantitative estimate of drug-likeness (QED) is 0.455. The van der Waals surface area contributed by atoms with Gasteiger partial charge in [0.15, 0.2) is 10.6 Å². The Kier molecular flexibility index (Phi) is 6.65. The van der Waals surface area contributed by atoms with Crippen molar-refractivity contribution in [3.05, 3.63) is 60.3 Å². The van der Waals surface area contributed by atoms with Gasteiger partial charge in [-0.3, -0.25) is 0 Å². The molecule has 0 fully saturated rings. The van der Waals surface area contributed by atoms with Crippen molar-refractivity contribution in [2.24, 2.45) is 0 Å². The number of carbonyl (C=O) groups excluding carboxylic acids is 2. The van der Waals surface area contributed by atoms with Crippen LogP contribution in [0, 0.1) is 0 Å². The molecule has 0 saturated heterocycles. The van der Waals surface area contributed by atoms with E-state index in [0.29, 0.717) is 0 Å². The maximum atomic E-state index is 12.5. The predicted molar refractivity (Wildman–Crippen MR) is 105 cm³/mol. The van der Waals surface area contributed by atoms with Crippen molar-refractivity contribution >= 4 is 28.7 Å². The first-order valence-electron chi connectivity index (χ1n) is 8.19. The molecular formula is C20H21NO5S. The highest BCUT2D eigenvalue weighted by atomic mass is 32.2. The first-order chi connectivity index (χ1) is 12.6. The molecule has 2 aromatic rings. The first-order valence-corrected chi connectivity index (χ1v) is 9.55. The third-order valence-corrected chi connectivity index (χ3v) is 6.36. The molecule has 1 unspecified atom stereocenters. The molecule has 3 rings (SSSR count). The summed E-state index contributed by atoms with van der Waals surface area (Å²) in [6, 6.07) is 16.0. The van der Waals surface area contributed by atoms with Gasteiger partial charge in [0.25, 0.3) is 0 Å². The summed E-state index contributed by atoms with van der Waals surface area (Å²) in [5.41, 5.74) is 3.20. The Bertz CT molecular complexity index is 880. The Hall–Kier alpha value is -2.77. The summed E-state index contributed by atoms with van der Waals surface area (Å²) >= 11 is -0.440. The summed E-state index contributed by atoms with van der Waals surface area (Å²) in [4.78, 5) is 25.6. The second-order valence-electron chi connectivity index (χ2n) is 5.51. The minimum absolute atomic E-state index is 0. The molecule has 1 atom stereocenters.